The van der Waals surface area contributed by atoms with Gasteiger partial charge in [0.05, 0.1) is 26.4 Å². The maximum absolute atomic E-state index is 13.0. The van der Waals surface area contributed by atoms with E-state index in [1.165, 1.54) is 167 Å². The summed E-state index contributed by atoms with van der Waals surface area (Å²) < 4.78 is 68.3. The molecule has 0 saturated heterocycles. The first kappa shape index (κ1) is 88.1. The summed E-state index contributed by atoms with van der Waals surface area (Å²) in [6.45, 7) is 11.9. The minimum Gasteiger partial charge on any atom is -0.462 e. The van der Waals surface area contributed by atoms with Crippen LogP contribution in [0.5, 0.6) is 0 Å². The molecule has 0 aromatic rings. The summed E-state index contributed by atoms with van der Waals surface area (Å²) in [7, 11) is -9.90. The molecule has 0 aliphatic carbocycles. The van der Waals surface area contributed by atoms with E-state index in [-0.39, 0.29) is 25.7 Å². The van der Waals surface area contributed by atoms with E-state index in [0.29, 0.717) is 25.7 Å². The number of hydrogen-bond acceptors (Lipinski definition) is 15. The number of phosphoric ester groups is 2. The van der Waals surface area contributed by atoms with Crippen LogP contribution in [0.3, 0.4) is 0 Å². The molecule has 0 radical (unpaired) electrons. The summed E-state index contributed by atoms with van der Waals surface area (Å²) in [6, 6.07) is 0. The Kier molecular flexibility index (Phi) is 60.6. The molecule has 3 N–H and O–H groups in total. The monoisotopic (exact) mass is 1320 g/mol. The highest BCUT2D eigenvalue weighted by atomic mass is 31.2. The van der Waals surface area contributed by atoms with Crippen molar-refractivity contribution in [1.82, 2.24) is 0 Å². The lowest BCUT2D eigenvalue weighted by Crippen LogP contribution is -2.30. The van der Waals surface area contributed by atoms with Crippen LogP contribution in [0.15, 0.2) is 0 Å². The van der Waals surface area contributed by atoms with Crippen molar-refractivity contribution >= 4 is 39.5 Å². The lowest BCUT2D eigenvalue weighted by atomic mass is 9.99. The molecule has 90 heavy (non-hydrogen) atoms. The maximum atomic E-state index is 13.0. The predicted molar refractivity (Wildman–Crippen MR) is 363 cm³/mol. The fourth-order valence-electron chi connectivity index (χ4n) is 10.7. The third-order valence-corrected chi connectivity index (χ3v) is 19.0. The number of ether oxygens (including phenoxy) is 4. The zero-order chi connectivity index (χ0) is 66.6. The van der Waals surface area contributed by atoms with Crippen LogP contribution in [0.4, 0.5) is 0 Å². The molecule has 0 fully saturated rings. The number of hydrogen-bond donors (Lipinski definition) is 3. The fraction of sp³-hybridized carbons (Fsp3) is 0.944. The highest BCUT2D eigenvalue weighted by molar-refractivity contribution is 7.47. The van der Waals surface area contributed by atoms with Gasteiger partial charge >= 0.3 is 39.5 Å². The van der Waals surface area contributed by atoms with Crippen molar-refractivity contribution < 1.29 is 80.2 Å². The van der Waals surface area contributed by atoms with E-state index in [4.69, 9.17) is 37.0 Å². The third-order valence-electron chi connectivity index (χ3n) is 17.1. The number of rotatable bonds is 69. The highest BCUT2D eigenvalue weighted by Gasteiger charge is 2.30. The summed E-state index contributed by atoms with van der Waals surface area (Å²) in [4.78, 5) is 72.6. The van der Waals surface area contributed by atoms with Gasteiger partial charge in [0, 0.05) is 25.7 Å². The van der Waals surface area contributed by atoms with Crippen LogP contribution >= 0.6 is 15.6 Å². The van der Waals surface area contributed by atoms with Crippen LogP contribution in [0.1, 0.15) is 357 Å². The molecular formula is C71H138O17P2. The lowest BCUT2D eigenvalue weighted by Gasteiger charge is -2.21. The summed E-state index contributed by atoms with van der Waals surface area (Å²) in [5.74, 6) is 0.191. The Balaban J connectivity index is 5.28. The minimum atomic E-state index is -4.95. The number of unbranched alkanes of at least 4 members (excludes halogenated alkanes) is 35. The van der Waals surface area contributed by atoms with Gasteiger partial charge in [-0.25, -0.2) is 9.13 Å². The van der Waals surface area contributed by atoms with E-state index in [0.717, 1.165) is 108 Å². The topological polar surface area (TPSA) is 237 Å². The number of esters is 4. The maximum Gasteiger partial charge on any atom is 0.472 e. The average Bonchev–Trinajstić information content (AvgIpc) is 3.72. The van der Waals surface area contributed by atoms with Gasteiger partial charge in [-0.1, -0.05) is 305 Å². The fourth-order valence-corrected chi connectivity index (χ4v) is 12.2. The second-order valence-corrected chi connectivity index (χ2v) is 29.5. The van der Waals surface area contributed by atoms with Crippen LogP contribution < -0.4 is 0 Å². The van der Waals surface area contributed by atoms with Gasteiger partial charge in [0.25, 0.3) is 0 Å². The Labute approximate surface area is 549 Å². The predicted octanol–water partition coefficient (Wildman–Crippen LogP) is 20.2. The number of phosphoric acid groups is 2. The van der Waals surface area contributed by atoms with Crippen molar-refractivity contribution in [1.29, 1.82) is 0 Å². The largest absolute Gasteiger partial charge is 0.472 e. The Bertz CT molecular complexity index is 1770. The van der Waals surface area contributed by atoms with E-state index in [9.17, 15) is 43.2 Å². The van der Waals surface area contributed by atoms with Crippen molar-refractivity contribution in [3.05, 3.63) is 0 Å². The average molecular weight is 1330 g/mol. The van der Waals surface area contributed by atoms with Crippen LogP contribution in [0, 0.1) is 17.8 Å². The number of aliphatic hydroxyl groups excluding tert-OH is 1. The molecule has 0 aromatic heterocycles. The molecule has 0 bridgehead atoms. The molecule has 0 aliphatic heterocycles. The Morgan fingerprint density at radius 1 is 0.322 bits per heavy atom. The molecule has 4 unspecified atom stereocenters. The third kappa shape index (κ3) is 62.2. The van der Waals surface area contributed by atoms with Gasteiger partial charge in [0.1, 0.15) is 19.3 Å². The number of carbonyl (C=O) groups is 4. The van der Waals surface area contributed by atoms with E-state index in [1.807, 2.05) is 0 Å². The van der Waals surface area contributed by atoms with Gasteiger partial charge in [-0.05, 0) is 43.4 Å². The van der Waals surface area contributed by atoms with Gasteiger partial charge in [-0.15, -0.1) is 0 Å². The van der Waals surface area contributed by atoms with Gasteiger partial charge in [0.2, 0.25) is 0 Å². The summed E-state index contributed by atoms with van der Waals surface area (Å²) >= 11 is 0. The van der Waals surface area contributed by atoms with Crippen molar-refractivity contribution in [2.24, 2.45) is 17.8 Å². The minimum absolute atomic E-state index is 0.105. The zero-order valence-electron chi connectivity index (χ0n) is 58.6. The smallest absolute Gasteiger partial charge is 0.462 e. The zero-order valence-corrected chi connectivity index (χ0v) is 60.4. The molecule has 0 saturated carbocycles. The van der Waals surface area contributed by atoms with Crippen LogP contribution in [-0.4, -0.2) is 96.7 Å². The van der Waals surface area contributed by atoms with Crippen molar-refractivity contribution in [2.45, 2.75) is 375 Å². The van der Waals surface area contributed by atoms with Gasteiger partial charge in [0.15, 0.2) is 12.2 Å². The van der Waals surface area contributed by atoms with E-state index < -0.39 is 97.5 Å². The van der Waals surface area contributed by atoms with Crippen molar-refractivity contribution in [2.75, 3.05) is 39.6 Å². The lowest BCUT2D eigenvalue weighted by molar-refractivity contribution is -0.161. The SMILES string of the molecule is CCCCCCCCCCCCCCC(=O)OC[C@H](COP(=O)(O)OC[C@H](O)COP(=O)(O)OC[C@@H](COC(=O)CCCCCCCCCCCC(C)C)OC(=O)CCCCCCCCCCCCC(C)CC)OC(=O)CCCCCCCCCCC(C)CC. The second-order valence-electron chi connectivity index (χ2n) is 26.6. The van der Waals surface area contributed by atoms with Gasteiger partial charge < -0.3 is 33.8 Å². The Morgan fingerprint density at radius 3 is 0.844 bits per heavy atom. The molecule has 17 nitrogen and oxygen atoms in total. The Hall–Kier alpha value is -1.94. The first-order valence-corrected chi connectivity index (χ1v) is 39.9. The Morgan fingerprint density at radius 2 is 0.567 bits per heavy atom. The number of aliphatic hydroxyl groups is 1. The molecule has 7 atom stereocenters. The van der Waals surface area contributed by atoms with Crippen LogP contribution in [-0.2, 0) is 65.4 Å². The normalized spacial score (nSPS) is 14.8. The summed E-state index contributed by atoms with van der Waals surface area (Å²) in [5, 5.41) is 10.6. The first-order valence-electron chi connectivity index (χ1n) is 36.9. The molecule has 534 valence electrons. The van der Waals surface area contributed by atoms with E-state index in [1.54, 1.807) is 0 Å². The second kappa shape index (κ2) is 61.9. The van der Waals surface area contributed by atoms with E-state index in [2.05, 4.69) is 48.5 Å². The van der Waals surface area contributed by atoms with Crippen molar-refractivity contribution in [3.8, 4) is 0 Å². The van der Waals surface area contributed by atoms with Gasteiger partial charge in [-0.3, -0.25) is 37.3 Å². The quantitative estimate of drug-likeness (QED) is 0.0222. The molecule has 0 aliphatic rings. The summed E-state index contributed by atoms with van der Waals surface area (Å²) in [5.41, 5.74) is 0. The van der Waals surface area contributed by atoms with Crippen molar-refractivity contribution in [3.63, 3.8) is 0 Å². The molecule has 19 heteroatoms. The molecule has 0 heterocycles. The van der Waals surface area contributed by atoms with Crippen LogP contribution in [0.25, 0.3) is 0 Å². The number of carbonyl (C=O) groups excluding carboxylic acids is 4. The molecule has 0 spiro atoms. The molecule has 0 amide bonds. The molecular weight excluding hydrogens is 1190 g/mol. The summed E-state index contributed by atoms with van der Waals surface area (Å²) in [6.07, 6.45) is 45.6. The van der Waals surface area contributed by atoms with Gasteiger partial charge in [-0.2, -0.15) is 0 Å². The standard InChI is InChI=1S/C71H138O17P2/c1-8-11-12-13-14-15-16-17-23-31-38-45-52-68(73)81-59-67(88-71(76)55-48-41-34-27-26-30-37-44-51-64(7)10-3)61-86-90(79,80)84-57-65(72)56-83-89(77,78)85-60-66(58-82-69(74)53-46-39-32-25-20-21-28-35-42-49-62(4)5)87-70(75)54-47-40-33-24-19-18-22-29-36-43-50-63(6)9-2/h62-67,72H,8-61H2,1-7H3,(H,77,78)(H,79,80)/t63?,64?,65-,66-,67-/m1/s1. The first-order chi connectivity index (χ1) is 43.3. The highest BCUT2D eigenvalue weighted by Crippen LogP contribution is 2.45. The molecule has 0 rings (SSSR count). The molecule has 0 aromatic carbocycles. The van der Waals surface area contributed by atoms with E-state index >= 15 is 0 Å². The van der Waals surface area contributed by atoms with Crippen LogP contribution in [0.2, 0.25) is 0 Å².